The fourth-order valence-electron chi connectivity index (χ4n) is 2.73. The summed E-state index contributed by atoms with van der Waals surface area (Å²) in [5.74, 6) is 0.566. The van der Waals surface area contributed by atoms with E-state index in [1.54, 1.807) is 0 Å². The Bertz CT molecular complexity index is 632. The maximum atomic E-state index is 12.4. The van der Waals surface area contributed by atoms with Crippen LogP contribution in [0.1, 0.15) is 54.4 Å². The fourth-order valence-corrected chi connectivity index (χ4v) is 2.73. The summed E-state index contributed by atoms with van der Waals surface area (Å²) in [5.41, 5.74) is 3.10. The first kappa shape index (κ1) is 17.3. The molecule has 0 amide bonds. The van der Waals surface area contributed by atoms with Crippen LogP contribution in [0.15, 0.2) is 30.3 Å². The zero-order valence-corrected chi connectivity index (χ0v) is 14.3. The van der Waals surface area contributed by atoms with Gasteiger partial charge in [0.2, 0.25) is 0 Å². The number of hydrogen-bond acceptors (Lipinski definition) is 3. The lowest BCUT2D eigenvalue weighted by Crippen LogP contribution is -2.21. The molecule has 0 fully saturated rings. The van der Waals surface area contributed by atoms with Gasteiger partial charge in [-0.05, 0) is 44.4 Å². The van der Waals surface area contributed by atoms with Gasteiger partial charge >= 0.3 is 0 Å². The molecule has 1 heterocycles. The zero-order valence-electron chi connectivity index (χ0n) is 14.3. The molecule has 0 saturated carbocycles. The molecular formula is C19H26N2O2. The quantitative estimate of drug-likeness (QED) is 0.681. The average Bonchev–Trinajstić information content (AvgIpc) is 2.85. The van der Waals surface area contributed by atoms with Crippen molar-refractivity contribution in [1.82, 2.24) is 9.78 Å². The highest BCUT2D eigenvalue weighted by molar-refractivity contribution is 5.80. The van der Waals surface area contributed by atoms with Crippen molar-refractivity contribution in [3.8, 4) is 5.75 Å². The molecule has 0 radical (unpaired) electrons. The molecule has 1 aromatic heterocycles. The van der Waals surface area contributed by atoms with Crippen molar-refractivity contribution in [1.29, 1.82) is 0 Å². The van der Waals surface area contributed by atoms with Gasteiger partial charge in [0.05, 0.1) is 5.69 Å². The van der Waals surface area contributed by atoms with Crippen molar-refractivity contribution in [2.75, 3.05) is 6.61 Å². The molecule has 0 saturated heterocycles. The van der Waals surface area contributed by atoms with Gasteiger partial charge in [0.15, 0.2) is 6.61 Å². The molecule has 23 heavy (non-hydrogen) atoms. The molecule has 4 heteroatoms. The highest BCUT2D eigenvalue weighted by atomic mass is 16.5. The van der Waals surface area contributed by atoms with Gasteiger partial charge in [-0.15, -0.1) is 0 Å². The predicted molar refractivity (Wildman–Crippen MR) is 92.1 cm³/mol. The van der Waals surface area contributed by atoms with Crippen LogP contribution in [0.2, 0.25) is 0 Å². The zero-order chi connectivity index (χ0) is 16.7. The van der Waals surface area contributed by atoms with Crippen molar-refractivity contribution in [3.63, 3.8) is 0 Å². The third kappa shape index (κ3) is 4.68. The van der Waals surface area contributed by atoms with Crippen molar-refractivity contribution in [2.45, 2.75) is 52.9 Å². The van der Waals surface area contributed by atoms with E-state index in [4.69, 9.17) is 4.74 Å². The van der Waals surface area contributed by atoms with E-state index in [1.165, 1.54) is 29.5 Å². The summed E-state index contributed by atoms with van der Waals surface area (Å²) in [6, 6.07) is 9.37. The minimum atomic E-state index is -0.130. The number of carbonyl (C=O) groups excluding carboxylic acids is 1. The highest BCUT2D eigenvalue weighted by Gasteiger charge is 2.16. The molecule has 0 aliphatic rings. The van der Waals surface area contributed by atoms with Crippen LogP contribution in [-0.2, 0) is 6.42 Å². The number of aromatic nitrogens is 2. The molecule has 1 aromatic carbocycles. The number of ether oxygens (including phenoxy) is 1. The third-order valence-corrected chi connectivity index (χ3v) is 4.06. The lowest BCUT2D eigenvalue weighted by Gasteiger charge is -2.07. The molecule has 0 atom stereocenters. The standard InChI is InChI=1S/C19H26N2O2/c1-4-5-6-10-13-18-15(2)20-21(16(18)3)19(22)14-23-17-11-8-7-9-12-17/h7-9,11-12H,4-6,10,13-14H2,1-3H3. The van der Waals surface area contributed by atoms with Crippen LogP contribution >= 0.6 is 0 Å². The van der Waals surface area contributed by atoms with Gasteiger partial charge < -0.3 is 4.74 Å². The number of para-hydroxylation sites is 1. The van der Waals surface area contributed by atoms with Crippen LogP contribution in [0.3, 0.4) is 0 Å². The Hall–Kier alpha value is -2.10. The van der Waals surface area contributed by atoms with E-state index >= 15 is 0 Å². The van der Waals surface area contributed by atoms with Gasteiger partial charge in [0, 0.05) is 5.69 Å². The Morgan fingerprint density at radius 3 is 2.57 bits per heavy atom. The van der Waals surface area contributed by atoms with Gasteiger partial charge in [0.1, 0.15) is 5.75 Å². The highest BCUT2D eigenvalue weighted by Crippen LogP contribution is 2.17. The Kier molecular flexibility index (Phi) is 6.39. The second-order valence-electron chi connectivity index (χ2n) is 5.87. The first-order valence-corrected chi connectivity index (χ1v) is 8.39. The van der Waals surface area contributed by atoms with Crippen LogP contribution < -0.4 is 4.74 Å². The van der Waals surface area contributed by atoms with Crippen molar-refractivity contribution >= 4 is 5.91 Å². The minimum Gasteiger partial charge on any atom is -0.484 e. The average molecular weight is 314 g/mol. The van der Waals surface area contributed by atoms with E-state index in [-0.39, 0.29) is 12.5 Å². The van der Waals surface area contributed by atoms with E-state index in [9.17, 15) is 4.79 Å². The van der Waals surface area contributed by atoms with Crippen LogP contribution in [0.25, 0.3) is 0 Å². The van der Waals surface area contributed by atoms with Crippen LogP contribution in [-0.4, -0.2) is 22.3 Å². The number of carbonyl (C=O) groups is 1. The third-order valence-electron chi connectivity index (χ3n) is 4.06. The second-order valence-corrected chi connectivity index (χ2v) is 5.87. The number of aryl methyl sites for hydroxylation is 1. The molecule has 2 rings (SSSR count). The van der Waals surface area contributed by atoms with Crippen molar-refractivity contribution < 1.29 is 9.53 Å². The number of rotatable bonds is 8. The normalized spacial score (nSPS) is 10.7. The maximum absolute atomic E-state index is 12.4. The summed E-state index contributed by atoms with van der Waals surface area (Å²) in [6.07, 6.45) is 5.86. The van der Waals surface area contributed by atoms with Gasteiger partial charge in [-0.1, -0.05) is 44.4 Å². The first-order chi connectivity index (χ1) is 11.1. The molecule has 0 aliphatic carbocycles. The number of hydrogen-bond donors (Lipinski definition) is 0. The van der Waals surface area contributed by atoms with E-state index in [1.807, 2.05) is 44.2 Å². The molecule has 0 spiro atoms. The molecule has 0 N–H and O–H groups in total. The minimum absolute atomic E-state index is 0.00124. The first-order valence-electron chi connectivity index (χ1n) is 8.39. The summed E-state index contributed by atoms with van der Waals surface area (Å²) in [4.78, 5) is 12.4. The summed E-state index contributed by atoms with van der Waals surface area (Å²) in [6.45, 7) is 6.15. The van der Waals surface area contributed by atoms with Gasteiger partial charge in [-0.3, -0.25) is 4.79 Å². The molecule has 0 aliphatic heterocycles. The second kappa shape index (κ2) is 8.51. The smallest absolute Gasteiger partial charge is 0.284 e. The molecular weight excluding hydrogens is 288 g/mol. The summed E-state index contributed by atoms with van der Waals surface area (Å²) < 4.78 is 7.02. The maximum Gasteiger partial charge on any atom is 0.284 e. The summed E-state index contributed by atoms with van der Waals surface area (Å²) in [7, 11) is 0. The molecule has 2 aromatic rings. The van der Waals surface area contributed by atoms with Gasteiger partial charge in [-0.2, -0.15) is 5.10 Å². The topological polar surface area (TPSA) is 44.1 Å². The molecule has 0 bridgehead atoms. The Morgan fingerprint density at radius 1 is 1.13 bits per heavy atom. The number of benzene rings is 1. The number of unbranched alkanes of at least 4 members (excludes halogenated alkanes) is 3. The van der Waals surface area contributed by atoms with E-state index in [0.29, 0.717) is 5.75 Å². The summed E-state index contributed by atoms with van der Waals surface area (Å²) >= 11 is 0. The Balaban J connectivity index is 1.97. The van der Waals surface area contributed by atoms with Gasteiger partial charge in [0.25, 0.3) is 5.91 Å². The Morgan fingerprint density at radius 2 is 1.87 bits per heavy atom. The van der Waals surface area contributed by atoms with Gasteiger partial charge in [-0.25, -0.2) is 4.68 Å². The van der Waals surface area contributed by atoms with Crippen molar-refractivity contribution in [3.05, 3.63) is 47.3 Å². The summed E-state index contributed by atoms with van der Waals surface area (Å²) in [5, 5.41) is 4.41. The lowest BCUT2D eigenvalue weighted by atomic mass is 10.0. The Labute approximate surface area is 138 Å². The molecule has 0 unspecified atom stereocenters. The van der Waals surface area contributed by atoms with Crippen LogP contribution in [0.4, 0.5) is 0 Å². The monoisotopic (exact) mass is 314 g/mol. The molecule has 4 nitrogen and oxygen atoms in total. The fraction of sp³-hybridized carbons (Fsp3) is 0.474. The van der Waals surface area contributed by atoms with E-state index < -0.39 is 0 Å². The van der Waals surface area contributed by atoms with E-state index in [2.05, 4.69) is 12.0 Å². The number of nitrogens with zero attached hydrogens (tertiary/aromatic N) is 2. The van der Waals surface area contributed by atoms with E-state index in [0.717, 1.165) is 24.2 Å². The predicted octanol–water partition coefficient (Wildman–Crippen LogP) is 4.34. The lowest BCUT2D eigenvalue weighted by molar-refractivity contribution is 0.0818. The SMILES string of the molecule is CCCCCCc1c(C)nn(C(=O)COc2ccccc2)c1C. The largest absolute Gasteiger partial charge is 0.484 e. The van der Waals surface area contributed by atoms with Crippen molar-refractivity contribution in [2.24, 2.45) is 0 Å². The molecule has 124 valence electrons. The van der Waals surface area contributed by atoms with Crippen LogP contribution in [0, 0.1) is 13.8 Å². The van der Waals surface area contributed by atoms with Crippen LogP contribution in [0.5, 0.6) is 5.75 Å².